The lowest BCUT2D eigenvalue weighted by Crippen LogP contribution is -2.18. The molecule has 5 heteroatoms. The van der Waals surface area contributed by atoms with Gasteiger partial charge in [0, 0.05) is 27.6 Å². The summed E-state index contributed by atoms with van der Waals surface area (Å²) in [4.78, 5) is 12.5. The Morgan fingerprint density at radius 3 is 2.67 bits per heavy atom. The van der Waals surface area contributed by atoms with Crippen LogP contribution in [0.15, 0.2) is 29.2 Å². The van der Waals surface area contributed by atoms with Gasteiger partial charge >= 0.3 is 0 Å². The van der Waals surface area contributed by atoms with Crippen LogP contribution in [-0.2, 0) is 20.3 Å². The van der Waals surface area contributed by atoms with Crippen molar-refractivity contribution in [2.24, 2.45) is 5.92 Å². The van der Waals surface area contributed by atoms with E-state index in [0.29, 0.717) is 29.5 Å². The molecule has 0 aliphatic rings. The first kappa shape index (κ1) is 17.9. The normalized spacial score (nSPS) is 14.0. The summed E-state index contributed by atoms with van der Waals surface area (Å²) in [6.45, 7) is 6.74. The van der Waals surface area contributed by atoms with Gasteiger partial charge in [-0.2, -0.15) is 0 Å². The molecule has 0 unspecified atom stereocenters. The molecule has 0 aliphatic carbocycles. The molecular weight excluding hydrogens is 286 g/mol. The van der Waals surface area contributed by atoms with Crippen LogP contribution >= 0.6 is 0 Å². The molecule has 0 bridgehead atoms. The minimum atomic E-state index is -1.05. The van der Waals surface area contributed by atoms with E-state index in [1.54, 1.807) is 30.5 Å². The Morgan fingerprint density at radius 2 is 2.05 bits per heavy atom. The first-order chi connectivity index (χ1) is 9.88. The molecule has 1 aromatic carbocycles. The average Bonchev–Trinajstić information content (AvgIpc) is 2.37. The molecule has 0 heterocycles. The number of nitrogens with one attached hydrogen (secondary N) is 1. The smallest absolute Gasteiger partial charge is 0.226 e. The highest BCUT2D eigenvalue weighted by Crippen LogP contribution is 2.13. The topological polar surface area (TPSA) is 55.4 Å². The highest BCUT2D eigenvalue weighted by Gasteiger charge is 2.08. The van der Waals surface area contributed by atoms with E-state index >= 15 is 0 Å². The van der Waals surface area contributed by atoms with Crippen LogP contribution in [0.3, 0.4) is 0 Å². The third-order valence-corrected chi connectivity index (χ3v) is 3.90. The van der Waals surface area contributed by atoms with E-state index in [2.05, 4.69) is 19.2 Å². The van der Waals surface area contributed by atoms with E-state index in [1.165, 1.54) is 0 Å². The fraction of sp³-hybridized carbons (Fsp3) is 0.562. The van der Waals surface area contributed by atoms with E-state index < -0.39 is 10.8 Å². The SMILES string of the molecule is CC(C)C[C@H](C)OCCC(=O)Nc1cccc([S@@](C)=O)c1. The van der Waals surface area contributed by atoms with Crippen molar-refractivity contribution in [3.63, 3.8) is 0 Å². The molecule has 0 saturated heterocycles. The predicted octanol–water partition coefficient (Wildman–Crippen LogP) is 3.20. The minimum Gasteiger partial charge on any atom is -0.378 e. The van der Waals surface area contributed by atoms with Crippen LogP contribution in [0, 0.1) is 5.92 Å². The maximum absolute atomic E-state index is 11.8. The van der Waals surface area contributed by atoms with Gasteiger partial charge in [-0.3, -0.25) is 9.00 Å². The summed E-state index contributed by atoms with van der Waals surface area (Å²) in [6, 6.07) is 7.09. The molecule has 21 heavy (non-hydrogen) atoms. The van der Waals surface area contributed by atoms with Crippen molar-refractivity contribution in [2.45, 2.75) is 44.6 Å². The number of carbonyl (C=O) groups excluding carboxylic acids is 1. The molecule has 0 radical (unpaired) electrons. The lowest BCUT2D eigenvalue weighted by molar-refractivity contribution is -0.117. The molecule has 0 saturated carbocycles. The van der Waals surface area contributed by atoms with Crippen molar-refractivity contribution in [1.29, 1.82) is 0 Å². The Morgan fingerprint density at radius 1 is 1.33 bits per heavy atom. The van der Waals surface area contributed by atoms with Gasteiger partial charge in [0.05, 0.1) is 19.1 Å². The first-order valence-electron chi connectivity index (χ1n) is 7.23. The van der Waals surface area contributed by atoms with Gasteiger partial charge in [-0.05, 0) is 37.5 Å². The molecule has 1 N–H and O–H groups in total. The van der Waals surface area contributed by atoms with Crippen LogP contribution < -0.4 is 5.32 Å². The lowest BCUT2D eigenvalue weighted by Gasteiger charge is -2.15. The quantitative estimate of drug-likeness (QED) is 0.802. The second-order valence-corrected chi connectivity index (χ2v) is 6.97. The van der Waals surface area contributed by atoms with Gasteiger partial charge in [-0.25, -0.2) is 0 Å². The van der Waals surface area contributed by atoms with E-state index in [0.717, 1.165) is 6.42 Å². The van der Waals surface area contributed by atoms with Crippen LogP contribution in [0.2, 0.25) is 0 Å². The average molecular weight is 311 g/mol. The van der Waals surface area contributed by atoms with Gasteiger partial charge in [0.15, 0.2) is 0 Å². The Hall–Kier alpha value is -1.20. The van der Waals surface area contributed by atoms with Gasteiger partial charge < -0.3 is 10.1 Å². The number of carbonyl (C=O) groups is 1. The number of hydrogen-bond acceptors (Lipinski definition) is 3. The van der Waals surface area contributed by atoms with Crippen molar-refractivity contribution < 1.29 is 13.7 Å². The van der Waals surface area contributed by atoms with Crippen molar-refractivity contribution in [2.75, 3.05) is 18.2 Å². The Kier molecular flexibility index (Phi) is 7.61. The minimum absolute atomic E-state index is 0.0919. The highest BCUT2D eigenvalue weighted by atomic mass is 32.2. The number of rotatable bonds is 8. The predicted molar refractivity (Wildman–Crippen MR) is 86.9 cm³/mol. The Balaban J connectivity index is 2.37. The van der Waals surface area contributed by atoms with Crippen LogP contribution in [-0.4, -0.2) is 29.1 Å². The zero-order chi connectivity index (χ0) is 15.8. The van der Waals surface area contributed by atoms with Gasteiger partial charge in [-0.15, -0.1) is 0 Å². The first-order valence-corrected chi connectivity index (χ1v) is 8.79. The van der Waals surface area contributed by atoms with Gasteiger partial charge in [0.2, 0.25) is 5.91 Å². The number of anilines is 1. The maximum Gasteiger partial charge on any atom is 0.226 e. The molecule has 1 amide bonds. The molecule has 1 aromatic rings. The largest absolute Gasteiger partial charge is 0.378 e. The lowest BCUT2D eigenvalue weighted by atomic mass is 10.1. The standard InChI is InChI=1S/C16H25NO3S/c1-12(2)10-13(3)20-9-8-16(18)17-14-6-5-7-15(11-14)21(4)19/h5-7,11-13H,8-10H2,1-4H3,(H,17,18)/t13-,21+/m0/s1. The van der Waals surface area contributed by atoms with Gasteiger partial charge in [0.25, 0.3) is 0 Å². The van der Waals surface area contributed by atoms with Crippen molar-refractivity contribution in [3.8, 4) is 0 Å². The van der Waals surface area contributed by atoms with Gasteiger partial charge in [0.1, 0.15) is 0 Å². The van der Waals surface area contributed by atoms with Crippen LogP contribution in [0.1, 0.15) is 33.6 Å². The summed E-state index contributed by atoms with van der Waals surface area (Å²) in [5.41, 5.74) is 0.669. The van der Waals surface area contributed by atoms with Crippen LogP contribution in [0.25, 0.3) is 0 Å². The van der Waals surface area contributed by atoms with Crippen molar-refractivity contribution in [1.82, 2.24) is 0 Å². The molecule has 2 atom stereocenters. The molecular formula is C16H25NO3S. The van der Waals surface area contributed by atoms with E-state index in [1.807, 2.05) is 6.92 Å². The highest BCUT2D eigenvalue weighted by molar-refractivity contribution is 7.84. The van der Waals surface area contributed by atoms with Crippen molar-refractivity contribution in [3.05, 3.63) is 24.3 Å². The zero-order valence-electron chi connectivity index (χ0n) is 13.2. The Labute approximate surface area is 129 Å². The van der Waals surface area contributed by atoms with E-state index in [4.69, 9.17) is 4.74 Å². The van der Waals surface area contributed by atoms with Crippen LogP contribution in [0.5, 0.6) is 0 Å². The van der Waals surface area contributed by atoms with E-state index in [-0.39, 0.29) is 12.0 Å². The van der Waals surface area contributed by atoms with Crippen LogP contribution in [0.4, 0.5) is 5.69 Å². The molecule has 4 nitrogen and oxygen atoms in total. The summed E-state index contributed by atoms with van der Waals surface area (Å²) in [7, 11) is -1.05. The third kappa shape index (κ3) is 7.39. The second kappa shape index (κ2) is 8.95. The molecule has 0 fully saturated rings. The zero-order valence-corrected chi connectivity index (χ0v) is 14.0. The molecule has 0 aromatic heterocycles. The number of hydrogen-bond donors (Lipinski definition) is 1. The summed E-state index contributed by atoms with van der Waals surface area (Å²) in [5, 5.41) is 2.80. The number of amides is 1. The summed E-state index contributed by atoms with van der Waals surface area (Å²) < 4.78 is 17.0. The molecule has 0 spiro atoms. The third-order valence-electron chi connectivity index (χ3n) is 2.98. The summed E-state index contributed by atoms with van der Waals surface area (Å²) >= 11 is 0. The second-order valence-electron chi connectivity index (χ2n) is 5.59. The van der Waals surface area contributed by atoms with E-state index in [9.17, 15) is 9.00 Å². The number of benzene rings is 1. The molecule has 1 rings (SSSR count). The summed E-state index contributed by atoms with van der Waals surface area (Å²) in [6.07, 6.45) is 3.10. The maximum atomic E-state index is 11.8. The fourth-order valence-corrected chi connectivity index (χ4v) is 2.62. The van der Waals surface area contributed by atoms with Gasteiger partial charge in [-0.1, -0.05) is 19.9 Å². The number of ether oxygens (including phenoxy) is 1. The molecule has 0 aliphatic heterocycles. The Bertz CT molecular complexity index is 488. The summed E-state index contributed by atoms with van der Waals surface area (Å²) in [5.74, 6) is 0.497. The fourth-order valence-electron chi connectivity index (χ4n) is 2.06. The van der Waals surface area contributed by atoms with Crippen molar-refractivity contribution >= 4 is 22.4 Å². The molecule has 118 valence electrons. The monoisotopic (exact) mass is 311 g/mol.